The van der Waals surface area contributed by atoms with Gasteiger partial charge in [-0.25, -0.2) is 0 Å². The second kappa shape index (κ2) is 8.15. The molecule has 2 fully saturated rings. The van der Waals surface area contributed by atoms with Crippen molar-refractivity contribution in [3.63, 3.8) is 0 Å². The fraction of sp³-hybridized carbons (Fsp3) is 0.444. The number of carbonyl (C=O) groups is 1. The molecule has 1 amide bonds. The average Bonchev–Trinajstić information content (AvgIpc) is 2.86. The van der Waals surface area contributed by atoms with Crippen LogP contribution in [-0.2, 0) is 4.79 Å². The van der Waals surface area contributed by atoms with E-state index in [4.69, 9.17) is 0 Å². The van der Waals surface area contributed by atoms with Crippen molar-refractivity contribution in [1.82, 2.24) is 10.3 Å². The first-order chi connectivity index (χ1) is 10.8. The van der Waals surface area contributed by atoms with E-state index in [9.17, 15) is 4.79 Å². The second-order valence-electron chi connectivity index (χ2n) is 6.64. The number of nitrogens with one attached hydrogen (secondary N) is 2. The Morgan fingerprint density at radius 3 is 2.67 bits per heavy atom. The SMILES string of the molecule is Cl.Cl.O=C(CC1CC2CCC(C1)N2)Nc1ccc2ncccc2c1. The molecule has 24 heavy (non-hydrogen) atoms. The van der Waals surface area contributed by atoms with Crippen molar-refractivity contribution in [3.8, 4) is 0 Å². The summed E-state index contributed by atoms with van der Waals surface area (Å²) in [7, 11) is 0. The van der Waals surface area contributed by atoms with Gasteiger partial charge in [0.15, 0.2) is 0 Å². The van der Waals surface area contributed by atoms with Gasteiger partial charge in [0, 0.05) is 35.8 Å². The molecule has 0 saturated carbocycles. The molecule has 0 aliphatic carbocycles. The van der Waals surface area contributed by atoms with E-state index in [0.29, 0.717) is 24.4 Å². The number of anilines is 1. The van der Waals surface area contributed by atoms with Gasteiger partial charge in [-0.3, -0.25) is 9.78 Å². The van der Waals surface area contributed by atoms with Crippen molar-refractivity contribution >= 4 is 47.3 Å². The summed E-state index contributed by atoms with van der Waals surface area (Å²) in [5, 5.41) is 7.72. The lowest BCUT2D eigenvalue weighted by molar-refractivity contribution is -0.117. The summed E-state index contributed by atoms with van der Waals surface area (Å²) in [5.74, 6) is 0.662. The summed E-state index contributed by atoms with van der Waals surface area (Å²) in [5.41, 5.74) is 1.82. The molecule has 2 bridgehead atoms. The highest BCUT2D eigenvalue weighted by atomic mass is 35.5. The number of halogens is 2. The molecule has 0 radical (unpaired) electrons. The van der Waals surface area contributed by atoms with Crippen LogP contribution in [-0.4, -0.2) is 23.0 Å². The highest BCUT2D eigenvalue weighted by Gasteiger charge is 2.34. The number of piperidine rings is 1. The molecule has 2 unspecified atom stereocenters. The van der Waals surface area contributed by atoms with E-state index < -0.39 is 0 Å². The number of hydrogen-bond donors (Lipinski definition) is 2. The van der Waals surface area contributed by atoms with Crippen molar-refractivity contribution < 1.29 is 4.79 Å². The van der Waals surface area contributed by atoms with E-state index in [0.717, 1.165) is 29.4 Å². The van der Waals surface area contributed by atoms with Gasteiger partial charge in [0.1, 0.15) is 0 Å². The van der Waals surface area contributed by atoms with Crippen LogP contribution in [0, 0.1) is 5.92 Å². The van der Waals surface area contributed by atoms with Crippen molar-refractivity contribution in [2.45, 2.75) is 44.2 Å². The minimum atomic E-state index is 0. The number of benzene rings is 1. The maximum atomic E-state index is 12.3. The summed E-state index contributed by atoms with van der Waals surface area (Å²) >= 11 is 0. The van der Waals surface area contributed by atoms with Crippen molar-refractivity contribution in [2.24, 2.45) is 5.92 Å². The molecule has 2 saturated heterocycles. The summed E-state index contributed by atoms with van der Waals surface area (Å²) in [6.07, 6.45) is 7.27. The third-order valence-electron chi connectivity index (χ3n) is 4.93. The van der Waals surface area contributed by atoms with Gasteiger partial charge in [-0.05, 0) is 55.9 Å². The molecule has 2 atom stereocenters. The molecule has 130 valence electrons. The minimum Gasteiger partial charge on any atom is -0.326 e. The lowest BCUT2D eigenvalue weighted by Crippen LogP contribution is -2.39. The molecule has 2 N–H and O–H groups in total. The lowest BCUT2D eigenvalue weighted by atomic mass is 9.89. The number of rotatable bonds is 3. The summed E-state index contributed by atoms with van der Waals surface area (Å²) in [4.78, 5) is 16.6. The first-order valence-corrected chi connectivity index (χ1v) is 8.17. The Hall–Kier alpha value is -1.36. The molecule has 2 aromatic rings. The molecule has 4 rings (SSSR count). The number of carbonyl (C=O) groups excluding carboxylic acids is 1. The molecule has 3 heterocycles. The Balaban J connectivity index is 0.00000104. The zero-order chi connectivity index (χ0) is 14.9. The van der Waals surface area contributed by atoms with Crippen LogP contribution >= 0.6 is 24.8 Å². The van der Waals surface area contributed by atoms with Crippen LogP contribution in [0.25, 0.3) is 10.9 Å². The van der Waals surface area contributed by atoms with Crippen LogP contribution in [0.3, 0.4) is 0 Å². The zero-order valence-electron chi connectivity index (χ0n) is 13.4. The summed E-state index contributed by atoms with van der Waals surface area (Å²) < 4.78 is 0. The Bertz CT molecular complexity index is 697. The van der Waals surface area contributed by atoms with Crippen molar-refractivity contribution in [1.29, 1.82) is 0 Å². The smallest absolute Gasteiger partial charge is 0.224 e. The molecule has 6 heteroatoms. The lowest BCUT2D eigenvalue weighted by Gasteiger charge is -2.28. The largest absolute Gasteiger partial charge is 0.326 e. The number of fused-ring (bicyclic) bond motifs is 3. The fourth-order valence-corrected chi connectivity index (χ4v) is 3.97. The van der Waals surface area contributed by atoms with E-state index >= 15 is 0 Å². The predicted octanol–water partition coefficient (Wildman–Crippen LogP) is 3.94. The topological polar surface area (TPSA) is 54.0 Å². The van der Waals surface area contributed by atoms with Crippen LogP contribution in [0.5, 0.6) is 0 Å². The highest BCUT2D eigenvalue weighted by molar-refractivity contribution is 5.93. The van der Waals surface area contributed by atoms with Crippen LogP contribution in [0.1, 0.15) is 32.1 Å². The first kappa shape index (κ1) is 19.0. The maximum absolute atomic E-state index is 12.3. The maximum Gasteiger partial charge on any atom is 0.224 e. The van der Waals surface area contributed by atoms with Gasteiger partial charge < -0.3 is 10.6 Å². The molecule has 1 aromatic carbocycles. The van der Waals surface area contributed by atoms with Gasteiger partial charge in [0.05, 0.1) is 5.52 Å². The second-order valence-corrected chi connectivity index (χ2v) is 6.64. The van der Waals surface area contributed by atoms with Gasteiger partial charge in [-0.15, -0.1) is 24.8 Å². The molecular formula is C18H23Cl2N3O. The third-order valence-corrected chi connectivity index (χ3v) is 4.93. The van der Waals surface area contributed by atoms with Gasteiger partial charge in [0.25, 0.3) is 0 Å². The Morgan fingerprint density at radius 1 is 1.17 bits per heavy atom. The molecule has 2 aliphatic heterocycles. The highest BCUT2D eigenvalue weighted by Crippen LogP contribution is 2.32. The quantitative estimate of drug-likeness (QED) is 0.863. The van der Waals surface area contributed by atoms with Gasteiger partial charge in [0.2, 0.25) is 5.91 Å². The molecular weight excluding hydrogens is 345 g/mol. The number of amides is 1. The van der Waals surface area contributed by atoms with Crippen LogP contribution in [0.15, 0.2) is 36.5 Å². The third kappa shape index (κ3) is 4.18. The van der Waals surface area contributed by atoms with E-state index in [2.05, 4.69) is 15.6 Å². The first-order valence-electron chi connectivity index (χ1n) is 8.17. The molecule has 2 aliphatic rings. The van der Waals surface area contributed by atoms with Crippen molar-refractivity contribution in [2.75, 3.05) is 5.32 Å². The summed E-state index contributed by atoms with van der Waals surface area (Å²) in [6, 6.07) is 11.1. The van der Waals surface area contributed by atoms with E-state index in [1.165, 1.54) is 12.8 Å². The molecule has 1 aromatic heterocycles. The van der Waals surface area contributed by atoms with Crippen LogP contribution in [0.4, 0.5) is 5.69 Å². The number of hydrogen-bond acceptors (Lipinski definition) is 3. The normalized spacial score (nSPS) is 24.8. The predicted molar refractivity (Wildman–Crippen MR) is 102 cm³/mol. The summed E-state index contributed by atoms with van der Waals surface area (Å²) in [6.45, 7) is 0. The Morgan fingerprint density at radius 2 is 1.92 bits per heavy atom. The standard InChI is InChI=1S/C18H21N3O.2ClH/c22-18(10-12-8-14-3-4-15(9-12)20-14)21-16-5-6-17-13(11-16)2-1-7-19-17;;/h1-2,5-7,11-12,14-15,20H,3-4,8-10H2,(H,21,22);2*1H. The molecule has 4 nitrogen and oxygen atoms in total. The van der Waals surface area contributed by atoms with E-state index in [1.807, 2.05) is 30.3 Å². The van der Waals surface area contributed by atoms with Crippen LogP contribution in [0.2, 0.25) is 0 Å². The molecule has 0 spiro atoms. The average molecular weight is 368 g/mol. The fourth-order valence-electron chi connectivity index (χ4n) is 3.97. The number of aromatic nitrogens is 1. The van der Waals surface area contributed by atoms with Gasteiger partial charge in [-0.1, -0.05) is 6.07 Å². The van der Waals surface area contributed by atoms with Gasteiger partial charge in [-0.2, -0.15) is 0 Å². The zero-order valence-corrected chi connectivity index (χ0v) is 15.0. The number of pyridine rings is 1. The van der Waals surface area contributed by atoms with Crippen molar-refractivity contribution in [3.05, 3.63) is 36.5 Å². The Labute approximate surface area is 154 Å². The van der Waals surface area contributed by atoms with Crippen LogP contribution < -0.4 is 10.6 Å². The minimum absolute atomic E-state index is 0. The monoisotopic (exact) mass is 367 g/mol. The number of nitrogens with zero attached hydrogens (tertiary/aromatic N) is 1. The van der Waals surface area contributed by atoms with Gasteiger partial charge >= 0.3 is 0 Å². The Kier molecular flexibility index (Phi) is 6.44. The van der Waals surface area contributed by atoms with E-state index in [1.54, 1.807) is 6.20 Å². The van der Waals surface area contributed by atoms with E-state index in [-0.39, 0.29) is 30.7 Å².